The first-order valence-electron chi connectivity index (χ1n) is 5.45. The lowest BCUT2D eigenvalue weighted by Gasteiger charge is -2.06. The molecule has 1 aliphatic heterocycles. The molecule has 0 unspecified atom stereocenters. The van der Waals surface area contributed by atoms with Crippen LogP contribution in [0.5, 0.6) is 0 Å². The highest BCUT2D eigenvalue weighted by Crippen LogP contribution is 2.25. The van der Waals surface area contributed by atoms with Gasteiger partial charge in [-0.25, -0.2) is 0 Å². The smallest absolute Gasteiger partial charge is 0.225 e. The zero-order valence-electron chi connectivity index (χ0n) is 9.38. The Morgan fingerprint density at radius 2 is 2.44 bits per heavy atom. The van der Waals surface area contributed by atoms with Crippen LogP contribution >= 0.6 is 11.8 Å². The molecule has 0 spiro atoms. The zero-order chi connectivity index (χ0) is 11.4. The first-order chi connectivity index (χ1) is 7.79. The number of amides is 1. The van der Waals surface area contributed by atoms with E-state index in [4.69, 9.17) is 0 Å². The summed E-state index contributed by atoms with van der Waals surface area (Å²) in [5.74, 6) is 0.971. The summed E-state index contributed by atoms with van der Waals surface area (Å²) < 4.78 is 0. The summed E-state index contributed by atoms with van der Waals surface area (Å²) in [5.41, 5.74) is 3.40. The van der Waals surface area contributed by atoms with Crippen LogP contribution in [0, 0.1) is 0 Å². The van der Waals surface area contributed by atoms with Crippen LogP contribution in [0.2, 0.25) is 0 Å². The van der Waals surface area contributed by atoms with Crippen LogP contribution in [0.3, 0.4) is 0 Å². The third-order valence-corrected chi connectivity index (χ3v) is 3.24. The van der Waals surface area contributed by atoms with Crippen molar-refractivity contribution in [2.24, 2.45) is 0 Å². The van der Waals surface area contributed by atoms with E-state index in [1.54, 1.807) is 11.8 Å². The molecular weight excluding hydrogens is 220 g/mol. The number of nitrogens with one attached hydrogen (secondary N) is 2. The van der Waals surface area contributed by atoms with Crippen molar-refractivity contribution in [2.75, 3.05) is 29.2 Å². The quantitative estimate of drug-likeness (QED) is 0.843. The van der Waals surface area contributed by atoms with E-state index in [0.29, 0.717) is 6.42 Å². The van der Waals surface area contributed by atoms with E-state index >= 15 is 0 Å². The SMILES string of the molecule is CSCCC(=O)Nc1ccc2c(c1)CCN2. The number of rotatable bonds is 4. The zero-order valence-corrected chi connectivity index (χ0v) is 10.2. The van der Waals surface area contributed by atoms with Gasteiger partial charge in [0.15, 0.2) is 0 Å². The molecule has 0 aliphatic carbocycles. The van der Waals surface area contributed by atoms with Crippen molar-refractivity contribution >= 4 is 29.0 Å². The molecule has 0 fully saturated rings. The van der Waals surface area contributed by atoms with Crippen molar-refractivity contribution in [3.05, 3.63) is 23.8 Å². The average molecular weight is 236 g/mol. The molecule has 86 valence electrons. The molecule has 16 heavy (non-hydrogen) atoms. The molecule has 2 N–H and O–H groups in total. The molecule has 2 rings (SSSR count). The minimum Gasteiger partial charge on any atom is -0.384 e. The molecule has 1 aromatic rings. The van der Waals surface area contributed by atoms with E-state index in [-0.39, 0.29) is 5.91 Å². The number of hydrogen-bond acceptors (Lipinski definition) is 3. The molecule has 0 saturated carbocycles. The van der Waals surface area contributed by atoms with Crippen molar-refractivity contribution in [2.45, 2.75) is 12.8 Å². The minimum atomic E-state index is 0.0975. The van der Waals surface area contributed by atoms with Crippen molar-refractivity contribution in [1.82, 2.24) is 0 Å². The average Bonchev–Trinajstić information content (AvgIpc) is 2.73. The van der Waals surface area contributed by atoms with Gasteiger partial charge in [-0.15, -0.1) is 0 Å². The minimum absolute atomic E-state index is 0.0975. The van der Waals surface area contributed by atoms with Crippen LogP contribution in [-0.2, 0) is 11.2 Å². The van der Waals surface area contributed by atoms with E-state index in [9.17, 15) is 4.79 Å². The van der Waals surface area contributed by atoms with E-state index in [2.05, 4.69) is 16.7 Å². The van der Waals surface area contributed by atoms with Crippen LogP contribution < -0.4 is 10.6 Å². The summed E-state index contributed by atoms with van der Waals surface area (Å²) in [6.45, 7) is 0.999. The molecule has 0 aromatic heterocycles. The van der Waals surface area contributed by atoms with Gasteiger partial charge < -0.3 is 10.6 Å². The van der Waals surface area contributed by atoms with Crippen molar-refractivity contribution in [1.29, 1.82) is 0 Å². The number of anilines is 2. The third-order valence-electron chi connectivity index (χ3n) is 2.63. The molecule has 0 saturated heterocycles. The van der Waals surface area contributed by atoms with Crippen molar-refractivity contribution in [3.63, 3.8) is 0 Å². The predicted molar refractivity (Wildman–Crippen MR) is 70.3 cm³/mol. The Labute approximate surface area is 100.0 Å². The highest BCUT2D eigenvalue weighted by atomic mass is 32.2. The molecule has 1 amide bonds. The molecule has 1 aromatic carbocycles. The van der Waals surface area contributed by atoms with Gasteiger partial charge in [0.25, 0.3) is 0 Å². The number of carbonyl (C=O) groups excluding carboxylic acids is 1. The summed E-state index contributed by atoms with van der Waals surface area (Å²) in [6.07, 6.45) is 3.63. The van der Waals surface area contributed by atoms with Crippen LogP contribution in [0.15, 0.2) is 18.2 Å². The fraction of sp³-hybridized carbons (Fsp3) is 0.417. The second-order valence-electron chi connectivity index (χ2n) is 3.84. The number of fused-ring (bicyclic) bond motifs is 1. The highest BCUT2D eigenvalue weighted by molar-refractivity contribution is 7.98. The fourth-order valence-electron chi connectivity index (χ4n) is 1.80. The largest absolute Gasteiger partial charge is 0.384 e. The second-order valence-corrected chi connectivity index (χ2v) is 4.83. The number of thioether (sulfide) groups is 1. The maximum atomic E-state index is 11.5. The van der Waals surface area contributed by atoms with Gasteiger partial charge in [-0.1, -0.05) is 0 Å². The van der Waals surface area contributed by atoms with E-state index in [0.717, 1.165) is 24.4 Å². The summed E-state index contributed by atoms with van der Waals surface area (Å²) in [6, 6.07) is 6.05. The summed E-state index contributed by atoms with van der Waals surface area (Å²) in [7, 11) is 0. The fourth-order valence-corrected chi connectivity index (χ4v) is 2.19. The van der Waals surface area contributed by atoms with Gasteiger partial charge >= 0.3 is 0 Å². The summed E-state index contributed by atoms with van der Waals surface area (Å²) >= 11 is 1.69. The third kappa shape index (κ3) is 2.70. The van der Waals surface area contributed by atoms with Crippen LogP contribution in [0.1, 0.15) is 12.0 Å². The van der Waals surface area contributed by atoms with Gasteiger partial charge in [0.05, 0.1) is 0 Å². The van der Waals surface area contributed by atoms with Gasteiger partial charge in [0.1, 0.15) is 0 Å². The van der Waals surface area contributed by atoms with Crippen molar-refractivity contribution in [3.8, 4) is 0 Å². The second kappa shape index (κ2) is 5.25. The van der Waals surface area contributed by atoms with Gasteiger partial charge in [0, 0.05) is 30.1 Å². The first kappa shape index (κ1) is 11.3. The molecule has 0 bridgehead atoms. The van der Waals surface area contributed by atoms with Gasteiger partial charge in [-0.3, -0.25) is 4.79 Å². The van der Waals surface area contributed by atoms with Crippen LogP contribution in [-0.4, -0.2) is 24.5 Å². The summed E-state index contributed by atoms with van der Waals surface area (Å²) in [5, 5.41) is 6.23. The monoisotopic (exact) mass is 236 g/mol. The van der Waals surface area contributed by atoms with E-state index in [1.807, 2.05) is 18.4 Å². The van der Waals surface area contributed by atoms with Crippen LogP contribution in [0.25, 0.3) is 0 Å². The van der Waals surface area contributed by atoms with Gasteiger partial charge in [-0.2, -0.15) is 11.8 Å². The maximum Gasteiger partial charge on any atom is 0.225 e. The molecule has 1 heterocycles. The maximum absolute atomic E-state index is 11.5. The molecular formula is C12H16N2OS. The normalized spacial score (nSPS) is 13.1. The Kier molecular flexibility index (Phi) is 3.72. The summed E-state index contributed by atoms with van der Waals surface area (Å²) in [4.78, 5) is 11.5. The van der Waals surface area contributed by atoms with E-state index in [1.165, 1.54) is 11.3 Å². The Morgan fingerprint density at radius 3 is 3.25 bits per heavy atom. The van der Waals surface area contributed by atoms with Gasteiger partial charge in [-0.05, 0) is 36.4 Å². The standard InChI is InChI=1S/C12H16N2OS/c1-16-7-5-12(15)14-10-2-3-11-9(8-10)4-6-13-11/h2-3,8,13H,4-7H2,1H3,(H,14,15). The first-order valence-corrected chi connectivity index (χ1v) is 6.84. The van der Waals surface area contributed by atoms with Gasteiger partial charge in [0.2, 0.25) is 5.91 Å². The Hall–Kier alpha value is -1.16. The molecule has 0 atom stereocenters. The lowest BCUT2D eigenvalue weighted by Crippen LogP contribution is -2.12. The Bertz CT molecular complexity index is 393. The molecule has 4 heteroatoms. The van der Waals surface area contributed by atoms with Crippen molar-refractivity contribution < 1.29 is 4.79 Å². The lowest BCUT2D eigenvalue weighted by molar-refractivity contribution is -0.115. The number of hydrogen-bond donors (Lipinski definition) is 2. The topological polar surface area (TPSA) is 41.1 Å². The molecule has 3 nitrogen and oxygen atoms in total. The predicted octanol–water partition coefficient (Wildman–Crippen LogP) is 2.35. The molecule has 1 aliphatic rings. The highest BCUT2D eigenvalue weighted by Gasteiger charge is 2.10. The van der Waals surface area contributed by atoms with E-state index < -0.39 is 0 Å². The number of benzene rings is 1. The Balaban J connectivity index is 1.97. The Morgan fingerprint density at radius 1 is 1.56 bits per heavy atom. The lowest BCUT2D eigenvalue weighted by atomic mass is 10.1. The van der Waals surface area contributed by atoms with Crippen LogP contribution in [0.4, 0.5) is 11.4 Å². The number of carbonyl (C=O) groups is 1. The molecule has 0 radical (unpaired) electrons.